The number of methoxy groups -OCH3 is 2. The molecule has 72 valence electrons. The van der Waals surface area contributed by atoms with Gasteiger partial charge in [0.2, 0.25) is 0 Å². The first-order valence-corrected chi connectivity index (χ1v) is 5.90. The first kappa shape index (κ1) is 11.1. The van der Waals surface area contributed by atoms with E-state index < -0.39 is 0 Å². The van der Waals surface area contributed by atoms with Gasteiger partial charge in [0.15, 0.2) is 11.5 Å². The van der Waals surface area contributed by atoms with Gasteiger partial charge in [-0.3, -0.25) is 0 Å². The molecule has 0 N–H and O–H groups in total. The number of rotatable bonds is 3. The van der Waals surface area contributed by atoms with Crippen LogP contribution < -0.4 is 9.47 Å². The molecule has 0 unspecified atom stereocenters. The fourth-order valence-corrected chi connectivity index (χ4v) is 2.88. The first-order valence-electron chi connectivity index (χ1n) is 3.70. The maximum Gasteiger partial charge on any atom is 0.174 e. The predicted octanol–water partition coefficient (Wildman–Crippen LogP) is 3.20. The highest BCUT2D eigenvalue weighted by atomic mass is 127. The molecule has 2 nitrogen and oxygen atoms in total. The van der Waals surface area contributed by atoms with E-state index in [1.54, 1.807) is 14.2 Å². The van der Waals surface area contributed by atoms with Gasteiger partial charge in [-0.1, -0.05) is 22.0 Å². The lowest BCUT2D eigenvalue weighted by atomic mass is 10.2. The molecule has 0 fully saturated rings. The molecule has 1 aromatic carbocycles. The standard InChI is InChI=1S/C9H10BrIO2/c1-12-7-4-3-6(5-10)8(11)9(7)13-2/h3-4H,5H2,1-2H3. The molecule has 0 atom stereocenters. The fourth-order valence-electron chi connectivity index (χ4n) is 1.03. The normalized spacial score (nSPS) is 9.85. The summed E-state index contributed by atoms with van der Waals surface area (Å²) in [5.41, 5.74) is 1.21. The summed E-state index contributed by atoms with van der Waals surface area (Å²) in [6.45, 7) is 0. The molecular formula is C9H10BrIO2. The summed E-state index contributed by atoms with van der Waals surface area (Å²) < 4.78 is 11.5. The van der Waals surface area contributed by atoms with Crippen molar-refractivity contribution in [2.45, 2.75) is 5.33 Å². The van der Waals surface area contributed by atoms with Gasteiger partial charge in [-0.2, -0.15) is 0 Å². The molecule has 1 aromatic rings. The zero-order valence-corrected chi connectivity index (χ0v) is 11.2. The van der Waals surface area contributed by atoms with Crippen LogP contribution in [0.25, 0.3) is 0 Å². The summed E-state index contributed by atoms with van der Waals surface area (Å²) in [5.74, 6) is 1.58. The van der Waals surface area contributed by atoms with E-state index >= 15 is 0 Å². The summed E-state index contributed by atoms with van der Waals surface area (Å²) in [7, 11) is 3.29. The second-order valence-corrected chi connectivity index (χ2v) is 4.05. The number of halogens is 2. The molecular weight excluding hydrogens is 347 g/mol. The lowest BCUT2D eigenvalue weighted by Gasteiger charge is -2.11. The molecule has 0 amide bonds. The molecule has 1 rings (SSSR count). The van der Waals surface area contributed by atoms with Crippen molar-refractivity contribution in [1.29, 1.82) is 0 Å². The third-order valence-corrected chi connectivity index (χ3v) is 3.50. The van der Waals surface area contributed by atoms with Crippen LogP contribution in [0.5, 0.6) is 11.5 Å². The molecule has 4 heteroatoms. The molecule has 0 aliphatic rings. The van der Waals surface area contributed by atoms with E-state index in [2.05, 4.69) is 38.5 Å². The summed E-state index contributed by atoms with van der Waals surface area (Å²) >= 11 is 5.67. The van der Waals surface area contributed by atoms with Crippen molar-refractivity contribution >= 4 is 38.5 Å². The Kier molecular flexibility index (Phi) is 4.31. The average molecular weight is 357 g/mol. The molecule has 0 saturated heterocycles. The minimum atomic E-state index is 0.775. The van der Waals surface area contributed by atoms with Crippen LogP contribution in [0.1, 0.15) is 5.56 Å². The SMILES string of the molecule is COc1ccc(CBr)c(I)c1OC. The third kappa shape index (κ3) is 2.28. The Morgan fingerprint density at radius 1 is 1.31 bits per heavy atom. The minimum absolute atomic E-state index is 0.775. The second kappa shape index (κ2) is 5.05. The maximum absolute atomic E-state index is 5.26. The largest absolute Gasteiger partial charge is 0.493 e. The van der Waals surface area contributed by atoms with E-state index in [-0.39, 0.29) is 0 Å². The highest BCUT2D eigenvalue weighted by Crippen LogP contribution is 2.34. The summed E-state index contributed by atoms with van der Waals surface area (Å²) in [4.78, 5) is 0. The van der Waals surface area contributed by atoms with Crippen molar-refractivity contribution in [3.05, 3.63) is 21.3 Å². The lowest BCUT2D eigenvalue weighted by molar-refractivity contribution is 0.352. The van der Waals surface area contributed by atoms with E-state index in [0.717, 1.165) is 20.4 Å². The van der Waals surface area contributed by atoms with Crippen LogP contribution in [0.4, 0.5) is 0 Å². The molecule has 13 heavy (non-hydrogen) atoms. The van der Waals surface area contributed by atoms with Crippen molar-refractivity contribution in [3.8, 4) is 11.5 Å². The van der Waals surface area contributed by atoms with E-state index in [0.29, 0.717) is 0 Å². The smallest absolute Gasteiger partial charge is 0.174 e. The van der Waals surface area contributed by atoms with Crippen LogP contribution in [0.2, 0.25) is 0 Å². The monoisotopic (exact) mass is 356 g/mol. The zero-order chi connectivity index (χ0) is 9.84. The van der Waals surface area contributed by atoms with Crippen molar-refractivity contribution in [2.75, 3.05) is 14.2 Å². The Morgan fingerprint density at radius 2 is 2.00 bits per heavy atom. The van der Waals surface area contributed by atoms with Crippen molar-refractivity contribution in [1.82, 2.24) is 0 Å². The van der Waals surface area contributed by atoms with Crippen LogP contribution >= 0.6 is 38.5 Å². The molecule has 0 heterocycles. The van der Waals surface area contributed by atoms with E-state index in [9.17, 15) is 0 Å². The van der Waals surface area contributed by atoms with Crippen LogP contribution in [0.15, 0.2) is 12.1 Å². The number of alkyl halides is 1. The van der Waals surface area contributed by atoms with Gasteiger partial charge < -0.3 is 9.47 Å². The summed E-state index contributed by atoms with van der Waals surface area (Å²) in [5, 5.41) is 0.825. The Hall–Kier alpha value is 0.0300. The quantitative estimate of drug-likeness (QED) is 0.611. The van der Waals surface area contributed by atoms with Crippen LogP contribution in [-0.2, 0) is 5.33 Å². The third-order valence-electron chi connectivity index (χ3n) is 1.71. The van der Waals surface area contributed by atoms with Crippen molar-refractivity contribution in [2.24, 2.45) is 0 Å². The zero-order valence-electron chi connectivity index (χ0n) is 7.43. The van der Waals surface area contributed by atoms with Crippen molar-refractivity contribution in [3.63, 3.8) is 0 Å². The van der Waals surface area contributed by atoms with Crippen LogP contribution in [0.3, 0.4) is 0 Å². The Bertz CT molecular complexity index is 302. The van der Waals surface area contributed by atoms with Crippen molar-refractivity contribution < 1.29 is 9.47 Å². The molecule has 0 saturated carbocycles. The Labute approximate surface area is 99.9 Å². The highest BCUT2D eigenvalue weighted by Gasteiger charge is 2.10. The van der Waals surface area contributed by atoms with Gasteiger partial charge in [0.25, 0.3) is 0 Å². The topological polar surface area (TPSA) is 18.5 Å². The molecule has 0 spiro atoms. The molecule has 0 aliphatic carbocycles. The van der Waals surface area contributed by atoms with Gasteiger partial charge in [-0.25, -0.2) is 0 Å². The fraction of sp³-hybridized carbons (Fsp3) is 0.333. The molecule has 0 aromatic heterocycles. The van der Waals surface area contributed by atoms with E-state index in [1.165, 1.54) is 5.56 Å². The van der Waals surface area contributed by atoms with Crippen LogP contribution in [-0.4, -0.2) is 14.2 Å². The second-order valence-electron chi connectivity index (χ2n) is 2.41. The van der Waals surface area contributed by atoms with Gasteiger partial charge >= 0.3 is 0 Å². The lowest BCUT2D eigenvalue weighted by Crippen LogP contribution is -1.95. The number of benzene rings is 1. The molecule has 0 radical (unpaired) electrons. The van der Waals surface area contributed by atoms with E-state index in [4.69, 9.17) is 9.47 Å². The predicted molar refractivity (Wildman–Crippen MR) is 64.9 cm³/mol. The van der Waals surface area contributed by atoms with E-state index in [1.807, 2.05) is 12.1 Å². The van der Waals surface area contributed by atoms with Gasteiger partial charge in [0, 0.05) is 5.33 Å². The minimum Gasteiger partial charge on any atom is -0.493 e. The summed E-state index contributed by atoms with van der Waals surface area (Å²) in [6.07, 6.45) is 0. The first-order chi connectivity index (χ1) is 6.24. The molecule has 0 bridgehead atoms. The van der Waals surface area contributed by atoms with Gasteiger partial charge in [0.1, 0.15) is 0 Å². The van der Waals surface area contributed by atoms with Crippen LogP contribution in [0, 0.1) is 3.57 Å². The molecule has 0 aliphatic heterocycles. The highest BCUT2D eigenvalue weighted by molar-refractivity contribution is 14.1. The Balaban J connectivity index is 3.23. The van der Waals surface area contributed by atoms with Gasteiger partial charge in [0.05, 0.1) is 17.8 Å². The van der Waals surface area contributed by atoms with Gasteiger partial charge in [-0.15, -0.1) is 0 Å². The maximum atomic E-state index is 5.26. The van der Waals surface area contributed by atoms with Gasteiger partial charge in [-0.05, 0) is 34.2 Å². The number of hydrogen-bond donors (Lipinski definition) is 0. The average Bonchev–Trinajstić information content (AvgIpc) is 2.17. The number of hydrogen-bond acceptors (Lipinski definition) is 2. The number of ether oxygens (including phenoxy) is 2. The summed E-state index contributed by atoms with van der Waals surface area (Å²) in [6, 6.07) is 3.94. The Morgan fingerprint density at radius 3 is 2.46 bits per heavy atom.